The lowest BCUT2D eigenvalue weighted by Crippen LogP contribution is -2.43. The molecule has 4 rings (SSSR count). The lowest BCUT2D eigenvalue weighted by molar-refractivity contribution is -0.671. The molecule has 1 amide bonds. The first-order valence-electron chi connectivity index (χ1n) is 15.6. The van der Waals surface area contributed by atoms with Gasteiger partial charge in [-0.3, -0.25) is 4.79 Å². The molecule has 0 radical (unpaired) electrons. The normalized spacial score (nSPS) is 13.7. The van der Waals surface area contributed by atoms with Crippen molar-refractivity contribution in [2.24, 2.45) is 13.0 Å². The molecule has 2 aromatic carbocycles. The van der Waals surface area contributed by atoms with Crippen LogP contribution in [0.1, 0.15) is 50.8 Å². The maximum Gasteiger partial charge on any atom is 0.428 e. The third-order valence-electron chi connectivity index (χ3n) is 7.34. The van der Waals surface area contributed by atoms with Crippen LogP contribution < -0.4 is 27.8 Å². The molecule has 0 bridgehead atoms. The molecule has 0 aliphatic heterocycles. The number of ether oxygens (including phenoxy) is 6. The second-order valence-electron chi connectivity index (χ2n) is 12.7. The van der Waals surface area contributed by atoms with Crippen LogP contribution in [0.4, 0.5) is 19.3 Å². The molecule has 1 fully saturated rings. The first kappa shape index (κ1) is 39.7. The maximum atomic E-state index is 13.9. The summed E-state index contributed by atoms with van der Waals surface area (Å²) < 4.78 is 88.4. The van der Waals surface area contributed by atoms with Crippen molar-refractivity contribution in [3.8, 4) is 23.0 Å². The lowest BCUT2D eigenvalue weighted by atomic mass is 10.0. The molecule has 1 unspecified atom stereocenters. The van der Waals surface area contributed by atoms with Gasteiger partial charge in [0.25, 0.3) is 10.0 Å². The number of carbonyl (C=O) groups is 2. The number of aromatic nitrogens is 1. The van der Waals surface area contributed by atoms with Crippen LogP contribution in [0.25, 0.3) is 0 Å². The van der Waals surface area contributed by atoms with Crippen LogP contribution >= 0.6 is 23.2 Å². The molecule has 0 N–H and O–H groups in total. The molecule has 0 spiro atoms. The topological polar surface area (TPSA) is 131 Å². The summed E-state index contributed by atoms with van der Waals surface area (Å²) >= 11 is 13.0. The molecule has 278 valence electrons. The maximum absolute atomic E-state index is 13.9. The second-order valence-corrected chi connectivity index (χ2v) is 15.3. The first-order chi connectivity index (χ1) is 23.9. The van der Waals surface area contributed by atoms with Gasteiger partial charge in [0.05, 0.1) is 26.5 Å². The van der Waals surface area contributed by atoms with Crippen LogP contribution in [0.2, 0.25) is 10.0 Å². The number of carbonyl (C=O) groups excluding carboxylic acids is 2. The highest BCUT2D eigenvalue weighted by Crippen LogP contribution is 2.38. The summed E-state index contributed by atoms with van der Waals surface area (Å²) in [6.07, 6.45) is 2.26. The van der Waals surface area contributed by atoms with E-state index in [1.165, 1.54) is 50.6 Å². The fourth-order valence-electron chi connectivity index (χ4n) is 4.84. The minimum Gasteiger partial charge on any atom is -0.493 e. The van der Waals surface area contributed by atoms with Crippen molar-refractivity contribution < 1.29 is 59.8 Å². The number of hydrogen-bond acceptors (Lipinski definition) is 10. The standard InChI is InChI=1S/C34H39Cl2F2N2O10S/c1-34(2,3)50-33(42)40(22-10-12-26(45-5)29(14-22)46-6)51(43,44)19-31(41)48-28(15-23-24(35)16-39(4)17-25(23)36)21-9-11-27(49-32(37)38)30(13-21)47-18-20-7-8-20/h9-14,16-17,20,28,32H,7-8,15,18-19H2,1-6H3/q+1. The van der Waals surface area contributed by atoms with Gasteiger partial charge in [-0.1, -0.05) is 29.3 Å². The molecule has 1 aliphatic rings. The fraction of sp³-hybridized carbons (Fsp3) is 0.441. The van der Waals surface area contributed by atoms with Crippen LogP contribution in [0.15, 0.2) is 48.8 Å². The van der Waals surface area contributed by atoms with Gasteiger partial charge in [-0.25, -0.2) is 17.8 Å². The number of aryl methyl sites for hydroxylation is 1. The Hall–Kier alpha value is -4.08. The molecular weight excluding hydrogens is 737 g/mol. The van der Waals surface area contributed by atoms with Crippen LogP contribution in [0.3, 0.4) is 0 Å². The highest BCUT2D eigenvalue weighted by atomic mass is 35.5. The highest BCUT2D eigenvalue weighted by Gasteiger charge is 2.37. The Balaban J connectivity index is 1.72. The summed E-state index contributed by atoms with van der Waals surface area (Å²) in [6, 6.07) is 7.87. The third kappa shape index (κ3) is 11.0. The van der Waals surface area contributed by atoms with E-state index in [4.69, 9.17) is 46.9 Å². The van der Waals surface area contributed by atoms with Gasteiger partial charge < -0.3 is 28.4 Å². The number of esters is 1. The van der Waals surface area contributed by atoms with Crippen molar-refractivity contribution in [1.82, 2.24) is 0 Å². The number of halogens is 4. The number of amides is 1. The number of rotatable bonds is 15. The number of pyridine rings is 1. The Bertz CT molecular complexity index is 1830. The molecule has 1 saturated carbocycles. The van der Waals surface area contributed by atoms with Crippen LogP contribution in [-0.2, 0) is 37.8 Å². The number of sulfonamides is 1. The van der Waals surface area contributed by atoms with E-state index >= 15 is 0 Å². The Morgan fingerprint density at radius 2 is 1.59 bits per heavy atom. The largest absolute Gasteiger partial charge is 0.493 e. The van der Waals surface area contributed by atoms with Crippen molar-refractivity contribution in [3.63, 3.8) is 0 Å². The monoisotopic (exact) mass is 775 g/mol. The molecule has 51 heavy (non-hydrogen) atoms. The lowest BCUT2D eigenvalue weighted by Gasteiger charge is -2.27. The zero-order valence-electron chi connectivity index (χ0n) is 28.8. The van der Waals surface area contributed by atoms with E-state index in [0.29, 0.717) is 9.87 Å². The van der Waals surface area contributed by atoms with E-state index in [1.807, 2.05) is 0 Å². The molecule has 0 saturated heterocycles. The number of alkyl halides is 2. The van der Waals surface area contributed by atoms with E-state index in [2.05, 4.69) is 4.74 Å². The van der Waals surface area contributed by atoms with Gasteiger partial charge in [0.2, 0.25) is 0 Å². The van der Waals surface area contributed by atoms with Crippen molar-refractivity contribution >= 4 is 51.0 Å². The molecule has 17 heteroatoms. The molecule has 1 aliphatic carbocycles. The van der Waals surface area contributed by atoms with Gasteiger partial charge in [0, 0.05) is 18.1 Å². The van der Waals surface area contributed by atoms with Gasteiger partial charge in [0.15, 0.2) is 41.1 Å². The van der Waals surface area contributed by atoms with Crippen molar-refractivity contribution in [1.29, 1.82) is 0 Å². The minimum absolute atomic E-state index is 0.0328. The van der Waals surface area contributed by atoms with Gasteiger partial charge >= 0.3 is 18.7 Å². The first-order valence-corrected chi connectivity index (χ1v) is 18.0. The molecule has 1 aromatic heterocycles. The van der Waals surface area contributed by atoms with Crippen molar-refractivity contribution in [2.75, 3.05) is 30.9 Å². The quantitative estimate of drug-likeness (QED) is 0.120. The summed E-state index contributed by atoms with van der Waals surface area (Å²) in [6.45, 7) is 1.74. The van der Waals surface area contributed by atoms with Crippen LogP contribution in [0, 0.1) is 5.92 Å². The summed E-state index contributed by atoms with van der Waals surface area (Å²) in [5.74, 6) is -2.25. The highest BCUT2D eigenvalue weighted by molar-refractivity contribution is 7.94. The summed E-state index contributed by atoms with van der Waals surface area (Å²) in [7, 11) is -0.447. The number of hydrogen-bond donors (Lipinski definition) is 0. The molecular formula is C34H39Cl2F2N2O10S+. The number of benzene rings is 2. The van der Waals surface area contributed by atoms with E-state index in [-0.39, 0.29) is 63.2 Å². The average molecular weight is 777 g/mol. The molecule has 12 nitrogen and oxygen atoms in total. The predicted octanol–water partition coefficient (Wildman–Crippen LogP) is 6.82. The van der Waals surface area contributed by atoms with Crippen LogP contribution in [-0.4, -0.2) is 59.3 Å². The van der Waals surface area contributed by atoms with Gasteiger partial charge in [-0.2, -0.15) is 13.1 Å². The summed E-state index contributed by atoms with van der Waals surface area (Å²) in [4.78, 5) is 27.0. The van der Waals surface area contributed by atoms with E-state index in [0.717, 1.165) is 12.8 Å². The fourth-order valence-corrected chi connectivity index (χ4v) is 6.74. The number of methoxy groups -OCH3 is 2. The summed E-state index contributed by atoms with van der Waals surface area (Å²) in [5, 5.41) is 0.428. The second kappa shape index (κ2) is 16.5. The smallest absolute Gasteiger partial charge is 0.428 e. The number of nitrogens with zero attached hydrogens (tertiary/aromatic N) is 2. The van der Waals surface area contributed by atoms with Crippen LogP contribution in [0.5, 0.6) is 23.0 Å². The van der Waals surface area contributed by atoms with E-state index in [1.54, 1.807) is 44.8 Å². The Morgan fingerprint density at radius 1 is 0.961 bits per heavy atom. The van der Waals surface area contributed by atoms with Crippen molar-refractivity contribution in [3.05, 3.63) is 70.0 Å². The van der Waals surface area contributed by atoms with E-state index in [9.17, 15) is 26.8 Å². The van der Waals surface area contributed by atoms with Gasteiger partial charge in [0.1, 0.15) is 28.8 Å². The predicted molar refractivity (Wildman–Crippen MR) is 184 cm³/mol. The Morgan fingerprint density at radius 3 is 2.16 bits per heavy atom. The Labute approximate surface area is 305 Å². The molecule has 1 heterocycles. The zero-order chi connectivity index (χ0) is 37.7. The van der Waals surface area contributed by atoms with Crippen molar-refractivity contribution in [2.45, 2.75) is 58.4 Å². The number of anilines is 1. The molecule has 1 atom stereocenters. The minimum atomic E-state index is -4.85. The third-order valence-corrected chi connectivity index (χ3v) is 9.51. The Kier molecular flexibility index (Phi) is 12.9. The SMILES string of the molecule is COc1ccc(N(C(=O)OC(C)(C)C)S(=O)(=O)CC(=O)OC(Cc2c(Cl)c[n+](C)cc2Cl)c2ccc(OC(F)F)c(OCC3CC3)c2)cc1OC. The average Bonchev–Trinajstić information content (AvgIpc) is 3.84. The summed E-state index contributed by atoms with van der Waals surface area (Å²) in [5.41, 5.74) is -0.727. The zero-order valence-corrected chi connectivity index (χ0v) is 31.1. The molecule has 3 aromatic rings. The van der Waals surface area contributed by atoms with E-state index < -0.39 is 46.2 Å². The van der Waals surface area contributed by atoms with Gasteiger partial charge in [-0.15, -0.1) is 0 Å². The van der Waals surface area contributed by atoms with Gasteiger partial charge in [-0.05, 0) is 69.4 Å².